The fourth-order valence-electron chi connectivity index (χ4n) is 5.11. The van der Waals surface area contributed by atoms with Crippen LogP contribution in [0.5, 0.6) is 5.75 Å². The average molecular weight is 538 g/mol. The second-order valence-electron chi connectivity index (χ2n) is 10.7. The maximum absolute atomic E-state index is 13.6. The van der Waals surface area contributed by atoms with Gasteiger partial charge in [-0.05, 0) is 50.1 Å². The minimum absolute atomic E-state index is 0.118. The normalized spacial score (nSPS) is 20.6. The largest absolute Gasteiger partial charge is 0.487 e. The van der Waals surface area contributed by atoms with Gasteiger partial charge < -0.3 is 30.3 Å². The highest BCUT2D eigenvalue weighted by molar-refractivity contribution is 6.05. The van der Waals surface area contributed by atoms with Crippen molar-refractivity contribution in [3.05, 3.63) is 53.9 Å². The monoisotopic (exact) mass is 537 g/mol. The number of likely N-dealkylation sites (N-methyl/N-ethyl adjacent to an activating group) is 1. The van der Waals surface area contributed by atoms with Gasteiger partial charge in [-0.1, -0.05) is 26.2 Å². The van der Waals surface area contributed by atoms with E-state index in [1.807, 2.05) is 6.92 Å². The minimum atomic E-state index is -0.422. The Morgan fingerprint density at radius 2 is 1.90 bits per heavy atom. The number of hydrogen-bond donors (Lipinski definition) is 3. The van der Waals surface area contributed by atoms with Gasteiger partial charge in [0.1, 0.15) is 11.9 Å². The van der Waals surface area contributed by atoms with Crippen LogP contribution in [0.3, 0.4) is 0 Å². The molecule has 0 unspecified atom stereocenters. The maximum Gasteiger partial charge on any atom is 0.317 e. The number of pyridine rings is 1. The van der Waals surface area contributed by atoms with Crippen LogP contribution in [0.25, 0.3) is 0 Å². The van der Waals surface area contributed by atoms with E-state index in [-0.39, 0.29) is 42.0 Å². The number of carbonyl (C=O) groups is 3. The van der Waals surface area contributed by atoms with Crippen LogP contribution < -0.4 is 15.4 Å². The Bertz CT molecular complexity index is 1150. The van der Waals surface area contributed by atoms with Gasteiger partial charge in [0.25, 0.3) is 11.8 Å². The number of aromatic nitrogens is 1. The van der Waals surface area contributed by atoms with Crippen molar-refractivity contribution < 1.29 is 24.2 Å². The maximum atomic E-state index is 13.6. The van der Waals surface area contributed by atoms with Gasteiger partial charge in [-0.15, -0.1) is 0 Å². The minimum Gasteiger partial charge on any atom is -0.487 e. The van der Waals surface area contributed by atoms with E-state index in [1.165, 1.54) is 18.8 Å². The summed E-state index contributed by atoms with van der Waals surface area (Å²) in [5, 5.41) is 15.9. The molecule has 3 atom stereocenters. The van der Waals surface area contributed by atoms with Crippen LogP contribution in [0.2, 0.25) is 0 Å². The molecule has 1 saturated carbocycles. The molecule has 3 N–H and O–H groups in total. The van der Waals surface area contributed by atoms with Crippen molar-refractivity contribution in [2.24, 2.45) is 5.92 Å². The van der Waals surface area contributed by atoms with E-state index < -0.39 is 12.1 Å². The van der Waals surface area contributed by atoms with Gasteiger partial charge >= 0.3 is 6.03 Å². The first-order valence-corrected chi connectivity index (χ1v) is 13.7. The van der Waals surface area contributed by atoms with Crippen LogP contribution in [-0.2, 0) is 0 Å². The van der Waals surface area contributed by atoms with E-state index >= 15 is 0 Å². The second kappa shape index (κ2) is 12.9. The first kappa shape index (κ1) is 28.4. The van der Waals surface area contributed by atoms with Crippen molar-refractivity contribution in [2.75, 3.05) is 32.1 Å². The number of aliphatic hydroxyl groups excluding tert-OH is 1. The number of anilines is 1. The van der Waals surface area contributed by atoms with Crippen LogP contribution in [0.1, 0.15) is 66.7 Å². The van der Waals surface area contributed by atoms with Gasteiger partial charge in [-0.3, -0.25) is 14.6 Å². The summed E-state index contributed by atoms with van der Waals surface area (Å²) in [7, 11) is 1.75. The molecule has 0 bridgehead atoms. The molecule has 0 radical (unpaired) electrons. The van der Waals surface area contributed by atoms with Crippen molar-refractivity contribution in [1.82, 2.24) is 20.1 Å². The predicted molar refractivity (Wildman–Crippen MR) is 148 cm³/mol. The highest BCUT2D eigenvalue weighted by Gasteiger charge is 2.34. The third-order valence-electron chi connectivity index (χ3n) is 7.60. The van der Waals surface area contributed by atoms with E-state index in [0.717, 1.165) is 25.7 Å². The zero-order chi connectivity index (χ0) is 27.9. The van der Waals surface area contributed by atoms with Crippen LogP contribution in [-0.4, -0.2) is 82.7 Å². The molecule has 1 aliphatic carbocycles. The summed E-state index contributed by atoms with van der Waals surface area (Å²) in [6, 6.07) is 7.81. The number of nitrogens with zero attached hydrogens (tertiary/aromatic N) is 3. The third-order valence-corrected chi connectivity index (χ3v) is 7.60. The van der Waals surface area contributed by atoms with Gasteiger partial charge in [0.05, 0.1) is 24.8 Å². The molecule has 39 heavy (non-hydrogen) atoms. The van der Waals surface area contributed by atoms with Gasteiger partial charge in [-0.25, -0.2) is 4.79 Å². The molecular formula is C29H39N5O5. The number of aliphatic hydroxyl groups is 1. The molecule has 0 saturated heterocycles. The Kier molecular flexibility index (Phi) is 9.40. The van der Waals surface area contributed by atoms with Crippen LogP contribution in [0, 0.1) is 5.92 Å². The van der Waals surface area contributed by atoms with Crippen molar-refractivity contribution >= 4 is 23.5 Å². The molecule has 0 spiro atoms. The lowest BCUT2D eigenvalue weighted by Crippen LogP contribution is -2.52. The molecule has 4 rings (SSSR count). The molecule has 2 heterocycles. The number of fused-ring (bicyclic) bond motifs is 1. The van der Waals surface area contributed by atoms with E-state index in [0.29, 0.717) is 30.1 Å². The van der Waals surface area contributed by atoms with E-state index in [4.69, 9.17) is 4.74 Å². The highest BCUT2D eigenvalue weighted by Crippen LogP contribution is 2.31. The summed E-state index contributed by atoms with van der Waals surface area (Å²) >= 11 is 0. The molecule has 10 heteroatoms. The topological polar surface area (TPSA) is 124 Å². The molecule has 1 fully saturated rings. The lowest BCUT2D eigenvalue weighted by molar-refractivity contribution is 0.0366. The fourth-order valence-corrected chi connectivity index (χ4v) is 5.11. The summed E-state index contributed by atoms with van der Waals surface area (Å²) in [4.78, 5) is 46.5. The first-order valence-electron chi connectivity index (χ1n) is 13.7. The van der Waals surface area contributed by atoms with Crippen LogP contribution in [0.15, 0.2) is 42.7 Å². The van der Waals surface area contributed by atoms with Gasteiger partial charge in [0, 0.05) is 49.2 Å². The summed E-state index contributed by atoms with van der Waals surface area (Å²) in [5.41, 5.74) is 1.17. The summed E-state index contributed by atoms with van der Waals surface area (Å²) in [5.74, 6) is -0.365. The van der Waals surface area contributed by atoms with E-state index in [2.05, 4.69) is 15.6 Å². The standard InChI is InChI=1S/C29H39N5O5/c1-19-16-34(20(2)18-35)28(37)24-15-23(31-27(36)21-11-13-30-14-12-21)9-10-25(24)39-26(19)17-33(3)29(38)32-22-7-5-4-6-8-22/h9-15,19-20,22,26,35H,4-8,16-18H2,1-3H3,(H,31,36)(H,32,38)/t19-,20-,26-/m1/s1. The molecule has 10 nitrogen and oxygen atoms in total. The van der Waals surface area contributed by atoms with Crippen LogP contribution >= 0.6 is 0 Å². The quantitative estimate of drug-likeness (QED) is 0.497. The SMILES string of the molecule is C[C@@H]1CN([C@H](C)CO)C(=O)c2cc(NC(=O)c3ccncc3)ccc2O[C@@H]1CN(C)C(=O)NC1CCCCC1. The predicted octanol–water partition coefficient (Wildman–Crippen LogP) is 3.53. The first-order chi connectivity index (χ1) is 18.8. The number of amides is 4. The number of hydrogen-bond acceptors (Lipinski definition) is 6. The van der Waals surface area contributed by atoms with Crippen LogP contribution in [0.4, 0.5) is 10.5 Å². The smallest absolute Gasteiger partial charge is 0.317 e. The number of nitrogens with one attached hydrogen (secondary N) is 2. The van der Waals surface area contributed by atoms with Gasteiger partial charge in [0.2, 0.25) is 0 Å². The lowest BCUT2D eigenvalue weighted by Gasteiger charge is -2.38. The Morgan fingerprint density at radius 1 is 1.18 bits per heavy atom. The zero-order valence-electron chi connectivity index (χ0n) is 22.9. The van der Waals surface area contributed by atoms with Gasteiger partial charge in [0.15, 0.2) is 0 Å². The molecule has 1 aliphatic heterocycles. The third kappa shape index (κ3) is 7.06. The fraction of sp³-hybridized carbons (Fsp3) is 0.517. The number of carbonyl (C=O) groups excluding carboxylic acids is 3. The Balaban J connectivity index is 1.56. The Hall–Kier alpha value is -3.66. The summed E-state index contributed by atoms with van der Waals surface area (Å²) < 4.78 is 6.38. The number of benzene rings is 1. The van der Waals surface area contributed by atoms with Crippen molar-refractivity contribution in [2.45, 2.75) is 64.1 Å². The Labute approximate surface area is 229 Å². The second-order valence-corrected chi connectivity index (χ2v) is 10.7. The molecule has 2 aliphatic rings. The van der Waals surface area contributed by atoms with Crippen molar-refractivity contribution in [1.29, 1.82) is 0 Å². The zero-order valence-corrected chi connectivity index (χ0v) is 22.9. The number of ether oxygens (including phenoxy) is 1. The molecular weight excluding hydrogens is 498 g/mol. The lowest BCUT2D eigenvalue weighted by atomic mass is 9.96. The molecule has 4 amide bonds. The molecule has 1 aromatic carbocycles. The number of urea groups is 1. The number of rotatable bonds is 7. The summed E-state index contributed by atoms with van der Waals surface area (Å²) in [6.07, 6.45) is 8.15. The summed E-state index contributed by atoms with van der Waals surface area (Å²) in [6.45, 7) is 4.25. The van der Waals surface area contributed by atoms with E-state index in [9.17, 15) is 19.5 Å². The van der Waals surface area contributed by atoms with Gasteiger partial charge in [-0.2, -0.15) is 0 Å². The Morgan fingerprint density at radius 3 is 2.59 bits per heavy atom. The molecule has 1 aromatic heterocycles. The van der Waals surface area contributed by atoms with Crippen molar-refractivity contribution in [3.8, 4) is 5.75 Å². The van der Waals surface area contributed by atoms with Crippen molar-refractivity contribution in [3.63, 3.8) is 0 Å². The van der Waals surface area contributed by atoms with E-state index in [1.54, 1.807) is 54.1 Å². The highest BCUT2D eigenvalue weighted by atomic mass is 16.5. The molecule has 210 valence electrons. The molecule has 2 aromatic rings. The average Bonchev–Trinajstić information content (AvgIpc) is 2.95.